The molecule has 86 valence electrons. The van der Waals surface area contributed by atoms with Gasteiger partial charge < -0.3 is 20.1 Å². The average molecular weight is 216 g/mol. The Morgan fingerprint density at radius 1 is 1.67 bits per heavy atom. The Bertz CT molecular complexity index is 259. The first-order chi connectivity index (χ1) is 6.87. The average Bonchev–Trinajstić information content (AvgIpc) is 2.45. The minimum atomic E-state index is -0.519. The highest BCUT2D eigenvalue weighted by Crippen LogP contribution is 2.06. The number of cyclic esters (lactones) is 1. The summed E-state index contributed by atoms with van der Waals surface area (Å²) in [5.41, 5.74) is -0.519. The lowest BCUT2D eigenvalue weighted by atomic mass is 10.2. The molecule has 0 spiro atoms. The van der Waals surface area contributed by atoms with Crippen LogP contribution in [-0.2, 0) is 9.47 Å². The van der Waals surface area contributed by atoms with Crippen LogP contribution in [0, 0.1) is 0 Å². The van der Waals surface area contributed by atoms with E-state index in [9.17, 15) is 9.59 Å². The molecule has 15 heavy (non-hydrogen) atoms. The third kappa shape index (κ3) is 4.53. The van der Waals surface area contributed by atoms with Crippen molar-refractivity contribution in [3.05, 3.63) is 0 Å². The SMILES string of the molecule is CC(C)(C)OC(=O)NCC1CNC(=O)O1. The smallest absolute Gasteiger partial charge is 0.407 e. The van der Waals surface area contributed by atoms with Gasteiger partial charge in [0.15, 0.2) is 0 Å². The number of amides is 2. The van der Waals surface area contributed by atoms with Crippen molar-refractivity contribution >= 4 is 12.2 Å². The first-order valence-corrected chi connectivity index (χ1v) is 4.78. The quantitative estimate of drug-likeness (QED) is 0.709. The van der Waals surface area contributed by atoms with Gasteiger partial charge in [0.1, 0.15) is 11.7 Å². The molecule has 1 rings (SSSR count). The van der Waals surface area contributed by atoms with Gasteiger partial charge in [-0.25, -0.2) is 9.59 Å². The van der Waals surface area contributed by atoms with E-state index in [1.54, 1.807) is 20.8 Å². The van der Waals surface area contributed by atoms with Crippen molar-refractivity contribution in [3.63, 3.8) is 0 Å². The van der Waals surface area contributed by atoms with E-state index in [0.29, 0.717) is 6.54 Å². The molecular formula is C9H16N2O4. The molecule has 1 aliphatic rings. The molecule has 1 fully saturated rings. The summed E-state index contributed by atoms with van der Waals surface area (Å²) < 4.78 is 9.83. The predicted molar refractivity (Wildman–Crippen MR) is 52.5 cm³/mol. The van der Waals surface area contributed by atoms with Gasteiger partial charge in [0.2, 0.25) is 0 Å². The lowest BCUT2D eigenvalue weighted by Crippen LogP contribution is -2.37. The zero-order chi connectivity index (χ0) is 11.5. The second-order valence-electron chi connectivity index (χ2n) is 4.29. The van der Waals surface area contributed by atoms with Crippen LogP contribution in [0.4, 0.5) is 9.59 Å². The fourth-order valence-corrected chi connectivity index (χ4v) is 1.06. The van der Waals surface area contributed by atoms with Crippen molar-refractivity contribution in [2.75, 3.05) is 13.1 Å². The summed E-state index contributed by atoms with van der Waals surface area (Å²) in [5.74, 6) is 0. The molecule has 0 aromatic rings. The van der Waals surface area contributed by atoms with Gasteiger partial charge in [-0.3, -0.25) is 0 Å². The Labute approximate surface area is 88.3 Å². The second kappa shape index (κ2) is 4.37. The molecule has 0 aliphatic carbocycles. The number of nitrogens with one attached hydrogen (secondary N) is 2. The first-order valence-electron chi connectivity index (χ1n) is 4.78. The standard InChI is InChI=1S/C9H16N2O4/c1-9(2,3)15-8(13)11-5-6-4-10-7(12)14-6/h6H,4-5H2,1-3H3,(H,10,12)(H,11,13). The summed E-state index contributed by atoms with van der Waals surface area (Å²) in [6.07, 6.45) is -1.28. The van der Waals surface area contributed by atoms with Gasteiger partial charge in [0.25, 0.3) is 0 Å². The van der Waals surface area contributed by atoms with Crippen molar-refractivity contribution in [3.8, 4) is 0 Å². The third-order valence-corrected chi connectivity index (χ3v) is 1.62. The van der Waals surface area contributed by atoms with E-state index < -0.39 is 17.8 Å². The van der Waals surface area contributed by atoms with Crippen LogP contribution in [0.1, 0.15) is 20.8 Å². The van der Waals surface area contributed by atoms with Crippen LogP contribution in [0.3, 0.4) is 0 Å². The number of carbonyl (C=O) groups is 2. The van der Waals surface area contributed by atoms with Gasteiger partial charge >= 0.3 is 12.2 Å². The van der Waals surface area contributed by atoms with Crippen LogP contribution < -0.4 is 10.6 Å². The van der Waals surface area contributed by atoms with Gasteiger partial charge in [-0.05, 0) is 20.8 Å². The van der Waals surface area contributed by atoms with E-state index in [2.05, 4.69) is 10.6 Å². The number of hydrogen-bond acceptors (Lipinski definition) is 4. The normalized spacial score (nSPS) is 20.5. The van der Waals surface area contributed by atoms with E-state index in [0.717, 1.165) is 0 Å². The molecule has 6 nitrogen and oxygen atoms in total. The van der Waals surface area contributed by atoms with Crippen LogP contribution in [0.5, 0.6) is 0 Å². The number of alkyl carbamates (subject to hydrolysis) is 2. The highest BCUT2D eigenvalue weighted by molar-refractivity contribution is 5.70. The molecule has 0 aromatic heterocycles. The maximum atomic E-state index is 11.2. The Morgan fingerprint density at radius 2 is 2.33 bits per heavy atom. The molecular weight excluding hydrogens is 200 g/mol. The van der Waals surface area contributed by atoms with Gasteiger partial charge in [0, 0.05) is 0 Å². The fourth-order valence-electron chi connectivity index (χ4n) is 1.06. The van der Waals surface area contributed by atoms with E-state index in [1.807, 2.05) is 0 Å². The predicted octanol–water partition coefficient (Wildman–Crippen LogP) is 0.620. The molecule has 0 radical (unpaired) electrons. The number of rotatable bonds is 2. The van der Waals surface area contributed by atoms with Gasteiger partial charge in [-0.2, -0.15) is 0 Å². The first kappa shape index (κ1) is 11.6. The summed E-state index contributed by atoms with van der Waals surface area (Å²) in [6.45, 7) is 6.01. The zero-order valence-electron chi connectivity index (χ0n) is 9.12. The minimum Gasteiger partial charge on any atom is -0.444 e. The van der Waals surface area contributed by atoms with Crippen LogP contribution in [0.15, 0.2) is 0 Å². The van der Waals surface area contributed by atoms with Crippen molar-refractivity contribution in [2.45, 2.75) is 32.5 Å². The molecule has 1 aliphatic heterocycles. The molecule has 6 heteroatoms. The van der Waals surface area contributed by atoms with Gasteiger partial charge in [0.05, 0.1) is 13.1 Å². The second-order valence-corrected chi connectivity index (χ2v) is 4.29. The Kier molecular flexibility index (Phi) is 3.39. The van der Waals surface area contributed by atoms with Crippen molar-refractivity contribution in [1.82, 2.24) is 10.6 Å². The Balaban J connectivity index is 2.20. The summed E-state index contributed by atoms with van der Waals surface area (Å²) in [5, 5.41) is 5.01. The van der Waals surface area contributed by atoms with E-state index in [1.165, 1.54) is 0 Å². The highest BCUT2D eigenvalue weighted by atomic mass is 16.6. The zero-order valence-corrected chi connectivity index (χ0v) is 9.12. The van der Waals surface area contributed by atoms with Crippen molar-refractivity contribution < 1.29 is 19.1 Å². The summed E-state index contributed by atoms with van der Waals surface area (Å²) >= 11 is 0. The van der Waals surface area contributed by atoms with Gasteiger partial charge in [-0.15, -0.1) is 0 Å². The summed E-state index contributed by atoms with van der Waals surface area (Å²) in [7, 11) is 0. The van der Waals surface area contributed by atoms with Crippen LogP contribution in [0.25, 0.3) is 0 Å². The van der Waals surface area contributed by atoms with E-state index in [-0.39, 0.29) is 12.6 Å². The fraction of sp³-hybridized carbons (Fsp3) is 0.778. The van der Waals surface area contributed by atoms with Gasteiger partial charge in [-0.1, -0.05) is 0 Å². The Hall–Kier alpha value is -1.46. The topological polar surface area (TPSA) is 76.7 Å². The van der Waals surface area contributed by atoms with Crippen LogP contribution >= 0.6 is 0 Å². The third-order valence-electron chi connectivity index (χ3n) is 1.62. The molecule has 1 atom stereocenters. The van der Waals surface area contributed by atoms with Crippen molar-refractivity contribution in [1.29, 1.82) is 0 Å². The maximum absolute atomic E-state index is 11.2. The maximum Gasteiger partial charge on any atom is 0.407 e. The monoisotopic (exact) mass is 216 g/mol. The number of ether oxygens (including phenoxy) is 2. The molecule has 1 unspecified atom stereocenters. The highest BCUT2D eigenvalue weighted by Gasteiger charge is 2.23. The summed E-state index contributed by atoms with van der Waals surface area (Å²) in [4.78, 5) is 21.9. The molecule has 1 saturated heterocycles. The van der Waals surface area contributed by atoms with Crippen LogP contribution in [-0.4, -0.2) is 37.0 Å². The number of carbonyl (C=O) groups excluding carboxylic acids is 2. The lowest BCUT2D eigenvalue weighted by Gasteiger charge is -2.20. The molecule has 0 bridgehead atoms. The van der Waals surface area contributed by atoms with Crippen LogP contribution in [0.2, 0.25) is 0 Å². The Morgan fingerprint density at radius 3 is 2.80 bits per heavy atom. The molecule has 1 heterocycles. The van der Waals surface area contributed by atoms with Crippen molar-refractivity contribution in [2.24, 2.45) is 0 Å². The molecule has 0 saturated carbocycles. The summed E-state index contributed by atoms with van der Waals surface area (Å²) in [6, 6.07) is 0. The minimum absolute atomic E-state index is 0.258. The number of hydrogen-bond donors (Lipinski definition) is 2. The largest absolute Gasteiger partial charge is 0.444 e. The molecule has 0 aromatic carbocycles. The van der Waals surface area contributed by atoms with E-state index in [4.69, 9.17) is 9.47 Å². The molecule has 2 N–H and O–H groups in total. The lowest BCUT2D eigenvalue weighted by molar-refractivity contribution is 0.0496. The van der Waals surface area contributed by atoms with E-state index >= 15 is 0 Å². The molecule has 2 amide bonds.